The van der Waals surface area contributed by atoms with Crippen LogP contribution < -0.4 is 11.0 Å². The highest BCUT2D eigenvalue weighted by atomic mass is 16.2. The van der Waals surface area contributed by atoms with E-state index in [9.17, 15) is 9.59 Å². The molecular formula is C19H28N6O2. The average Bonchev–Trinajstić information content (AvgIpc) is 3.13. The molecule has 0 aromatic carbocycles. The Bertz CT molecular complexity index is 900. The second-order valence-corrected chi connectivity index (χ2v) is 8.93. The van der Waals surface area contributed by atoms with Crippen LogP contribution in [0.5, 0.6) is 0 Å². The summed E-state index contributed by atoms with van der Waals surface area (Å²) in [4.78, 5) is 24.7. The normalized spacial score (nSPS) is 22.6. The molecule has 2 aliphatic rings. The van der Waals surface area contributed by atoms with E-state index >= 15 is 0 Å². The molecule has 1 amide bonds. The first-order valence-corrected chi connectivity index (χ1v) is 9.84. The monoisotopic (exact) mass is 372 g/mol. The number of nitrogens with zero attached hydrogens (tertiary/aromatic N) is 3. The molecule has 27 heavy (non-hydrogen) atoms. The number of aryl methyl sites for hydroxylation is 2. The summed E-state index contributed by atoms with van der Waals surface area (Å²) in [5.74, 6) is 1.21. The van der Waals surface area contributed by atoms with Crippen LogP contribution in [-0.2, 0) is 25.8 Å². The number of H-pyrrole nitrogens is 2. The van der Waals surface area contributed by atoms with Gasteiger partial charge in [-0.05, 0) is 43.4 Å². The fourth-order valence-corrected chi connectivity index (χ4v) is 4.32. The predicted octanol–water partition coefficient (Wildman–Crippen LogP) is 1.58. The molecule has 1 aliphatic heterocycles. The van der Waals surface area contributed by atoms with Gasteiger partial charge in [0, 0.05) is 30.3 Å². The largest absolute Gasteiger partial charge is 0.348 e. The maximum absolute atomic E-state index is 12.9. The lowest BCUT2D eigenvalue weighted by Gasteiger charge is -2.33. The lowest BCUT2D eigenvalue weighted by Crippen LogP contribution is -2.36. The van der Waals surface area contributed by atoms with Gasteiger partial charge >= 0.3 is 5.69 Å². The Morgan fingerprint density at radius 2 is 1.96 bits per heavy atom. The zero-order chi connectivity index (χ0) is 19.2. The third kappa shape index (κ3) is 3.44. The van der Waals surface area contributed by atoms with Gasteiger partial charge in [0.05, 0.1) is 0 Å². The maximum Gasteiger partial charge on any atom is 0.343 e. The topological polar surface area (TPSA) is 108 Å². The minimum Gasteiger partial charge on any atom is -0.348 e. The molecule has 2 aromatic heterocycles. The van der Waals surface area contributed by atoms with Crippen molar-refractivity contribution >= 4 is 5.91 Å². The Balaban J connectivity index is 1.46. The van der Waals surface area contributed by atoms with E-state index in [2.05, 4.69) is 46.5 Å². The zero-order valence-corrected chi connectivity index (χ0v) is 16.3. The molecule has 2 aromatic rings. The van der Waals surface area contributed by atoms with E-state index in [1.54, 1.807) is 4.57 Å². The van der Waals surface area contributed by atoms with E-state index in [1.165, 1.54) is 0 Å². The van der Waals surface area contributed by atoms with Crippen LogP contribution in [0.25, 0.3) is 0 Å². The first-order valence-electron chi connectivity index (χ1n) is 9.84. The van der Waals surface area contributed by atoms with Crippen LogP contribution in [0.3, 0.4) is 0 Å². The van der Waals surface area contributed by atoms with Gasteiger partial charge < -0.3 is 5.32 Å². The van der Waals surface area contributed by atoms with Crippen molar-refractivity contribution in [2.75, 3.05) is 0 Å². The van der Waals surface area contributed by atoms with Crippen molar-refractivity contribution in [2.24, 2.45) is 11.3 Å². The molecule has 0 fully saturated rings. The van der Waals surface area contributed by atoms with E-state index in [0.717, 1.165) is 49.2 Å². The van der Waals surface area contributed by atoms with E-state index in [0.29, 0.717) is 24.6 Å². The minimum atomic E-state index is -0.174. The first-order chi connectivity index (χ1) is 12.8. The summed E-state index contributed by atoms with van der Waals surface area (Å²) in [6.07, 6.45) is 5.14. The Kier molecular flexibility index (Phi) is 4.44. The van der Waals surface area contributed by atoms with E-state index in [-0.39, 0.29) is 23.1 Å². The van der Waals surface area contributed by atoms with Crippen LogP contribution in [0.2, 0.25) is 0 Å². The molecule has 146 valence electrons. The summed E-state index contributed by atoms with van der Waals surface area (Å²) in [6, 6.07) is 0.0213. The van der Waals surface area contributed by atoms with Crippen molar-refractivity contribution in [1.29, 1.82) is 0 Å². The van der Waals surface area contributed by atoms with Gasteiger partial charge in [0.15, 0.2) is 5.69 Å². The van der Waals surface area contributed by atoms with Crippen LogP contribution in [-0.4, -0.2) is 36.9 Å². The highest BCUT2D eigenvalue weighted by Crippen LogP contribution is 2.37. The molecule has 1 aliphatic carbocycles. The molecule has 0 spiro atoms. The molecule has 0 bridgehead atoms. The predicted molar refractivity (Wildman–Crippen MR) is 101 cm³/mol. The molecule has 0 saturated carbocycles. The third-order valence-corrected chi connectivity index (χ3v) is 6.18. The summed E-state index contributed by atoms with van der Waals surface area (Å²) < 4.78 is 1.66. The molecule has 0 radical (unpaired) electrons. The average molecular weight is 372 g/mol. The lowest BCUT2D eigenvalue weighted by atomic mass is 9.71. The van der Waals surface area contributed by atoms with Gasteiger partial charge in [-0.3, -0.25) is 14.5 Å². The number of carbonyl (C=O) groups is 1. The molecule has 3 heterocycles. The number of fused-ring (bicyclic) bond motifs is 2. The number of carbonyl (C=O) groups excluding carboxylic acids is 1. The van der Waals surface area contributed by atoms with Crippen LogP contribution in [0, 0.1) is 11.3 Å². The summed E-state index contributed by atoms with van der Waals surface area (Å²) in [5.41, 5.74) is 2.77. The Morgan fingerprint density at radius 1 is 1.15 bits per heavy atom. The highest BCUT2D eigenvalue weighted by molar-refractivity contribution is 5.94. The van der Waals surface area contributed by atoms with E-state index in [1.807, 2.05) is 0 Å². The SMILES string of the molecule is CC(C)(C)C1CCc2[nH]nc(C(=O)NC3CCc4n[nH]c(=O)n4CC3)c2C1. The standard InChI is InChI=1S/C19H28N6O2/c1-19(2,3)11-4-6-14-13(10-11)16(23-21-14)17(26)20-12-5-7-15-22-24-18(27)25(15)9-8-12/h11-12H,4-10H2,1-3H3,(H,20,26)(H,21,23)(H,24,27). The van der Waals surface area contributed by atoms with Gasteiger partial charge in [-0.2, -0.15) is 10.2 Å². The molecule has 0 saturated heterocycles. The van der Waals surface area contributed by atoms with Gasteiger partial charge in [0.1, 0.15) is 5.82 Å². The summed E-state index contributed by atoms with van der Waals surface area (Å²) >= 11 is 0. The quantitative estimate of drug-likeness (QED) is 0.744. The smallest absolute Gasteiger partial charge is 0.343 e. The zero-order valence-electron chi connectivity index (χ0n) is 16.3. The Morgan fingerprint density at radius 3 is 2.74 bits per heavy atom. The number of aromatic nitrogens is 5. The minimum absolute atomic E-state index is 0.0213. The first kappa shape index (κ1) is 18.0. The van der Waals surface area contributed by atoms with Gasteiger partial charge in [0.25, 0.3) is 5.91 Å². The molecule has 4 rings (SSSR count). The fourth-order valence-electron chi connectivity index (χ4n) is 4.32. The van der Waals surface area contributed by atoms with Crippen molar-refractivity contribution in [1.82, 2.24) is 30.3 Å². The van der Waals surface area contributed by atoms with Crippen LogP contribution >= 0.6 is 0 Å². The molecule has 3 N–H and O–H groups in total. The van der Waals surface area contributed by atoms with Gasteiger partial charge in [-0.25, -0.2) is 9.89 Å². The lowest BCUT2D eigenvalue weighted by molar-refractivity contribution is 0.0925. The van der Waals surface area contributed by atoms with Crippen molar-refractivity contribution in [2.45, 2.75) is 71.9 Å². The summed E-state index contributed by atoms with van der Waals surface area (Å²) in [7, 11) is 0. The number of aromatic amines is 2. The van der Waals surface area contributed by atoms with Crippen molar-refractivity contribution in [3.05, 3.63) is 33.3 Å². The Hall–Kier alpha value is -2.38. The second-order valence-electron chi connectivity index (χ2n) is 8.93. The molecule has 8 heteroatoms. The number of hydrogen-bond donors (Lipinski definition) is 3. The van der Waals surface area contributed by atoms with Crippen molar-refractivity contribution in [3.8, 4) is 0 Å². The van der Waals surface area contributed by atoms with E-state index in [4.69, 9.17) is 0 Å². The number of rotatable bonds is 2. The number of amides is 1. The van der Waals surface area contributed by atoms with Crippen molar-refractivity contribution < 1.29 is 4.79 Å². The highest BCUT2D eigenvalue weighted by Gasteiger charge is 2.33. The van der Waals surface area contributed by atoms with Gasteiger partial charge in [0.2, 0.25) is 0 Å². The molecule has 8 nitrogen and oxygen atoms in total. The number of nitrogens with one attached hydrogen (secondary N) is 3. The van der Waals surface area contributed by atoms with Gasteiger partial charge in [-0.1, -0.05) is 20.8 Å². The number of hydrogen-bond acceptors (Lipinski definition) is 4. The molecular weight excluding hydrogens is 344 g/mol. The summed E-state index contributed by atoms with van der Waals surface area (Å²) in [5, 5.41) is 17.1. The maximum atomic E-state index is 12.9. The fraction of sp³-hybridized carbons (Fsp3) is 0.684. The van der Waals surface area contributed by atoms with Crippen LogP contribution in [0.1, 0.15) is 67.6 Å². The second kappa shape index (κ2) is 6.65. The van der Waals surface area contributed by atoms with E-state index < -0.39 is 0 Å². The van der Waals surface area contributed by atoms with Crippen LogP contribution in [0.15, 0.2) is 4.79 Å². The van der Waals surface area contributed by atoms with Gasteiger partial charge in [-0.15, -0.1) is 0 Å². The van der Waals surface area contributed by atoms with Crippen molar-refractivity contribution in [3.63, 3.8) is 0 Å². The summed E-state index contributed by atoms with van der Waals surface area (Å²) in [6.45, 7) is 7.36. The molecule has 2 atom stereocenters. The van der Waals surface area contributed by atoms with Crippen LogP contribution in [0.4, 0.5) is 0 Å². The molecule has 2 unspecified atom stereocenters. The Labute approximate surface area is 158 Å². The third-order valence-electron chi connectivity index (χ3n) is 6.18.